The molecule has 49 heavy (non-hydrogen) atoms. The third-order valence-electron chi connectivity index (χ3n) is 11.5. The molecule has 0 saturated carbocycles. The van der Waals surface area contributed by atoms with Gasteiger partial charge in [0.15, 0.2) is 11.2 Å². The maximum absolute atomic E-state index is 14.2. The second kappa shape index (κ2) is 11.6. The molecule has 1 saturated heterocycles. The number of amides is 1. The summed E-state index contributed by atoms with van der Waals surface area (Å²) in [5.74, 6) is 0.784. The van der Waals surface area contributed by atoms with Crippen LogP contribution in [-0.2, 0) is 27.2 Å². The summed E-state index contributed by atoms with van der Waals surface area (Å²) in [7, 11) is 3.60. The minimum Gasteiger partial charge on any atom is -0.481 e. The molecule has 1 amide bonds. The summed E-state index contributed by atoms with van der Waals surface area (Å²) in [6.45, 7) is 8.42. The highest BCUT2D eigenvalue weighted by Gasteiger charge is 2.64. The van der Waals surface area contributed by atoms with E-state index in [1.54, 1.807) is 42.1 Å². The van der Waals surface area contributed by atoms with Crippen LogP contribution in [0.4, 0.5) is 5.82 Å². The largest absolute Gasteiger partial charge is 0.481 e. The van der Waals surface area contributed by atoms with Crippen LogP contribution in [0.5, 0.6) is 5.75 Å². The molecule has 3 aliphatic heterocycles. The fraction of sp³-hybridized carbons (Fsp3) is 0.421. The van der Waals surface area contributed by atoms with Crippen molar-refractivity contribution in [2.45, 2.75) is 81.8 Å². The molecule has 2 aromatic heterocycles. The lowest BCUT2D eigenvalue weighted by atomic mass is 9.61. The first-order valence-electron chi connectivity index (χ1n) is 16.8. The average molecular weight is 698 g/mol. The fourth-order valence-electron chi connectivity index (χ4n) is 8.59. The first-order valence-corrected chi connectivity index (χ1v) is 19.2. The zero-order chi connectivity index (χ0) is 34.3. The number of esters is 1. The predicted octanol–water partition coefficient (Wildman–Crippen LogP) is 6.31. The molecule has 6 unspecified atom stereocenters. The average Bonchev–Trinajstić information content (AvgIpc) is 3.56. The predicted molar refractivity (Wildman–Crippen MR) is 192 cm³/mol. The van der Waals surface area contributed by atoms with Crippen LogP contribution in [0.25, 0.3) is 11.0 Å². The van der Waals surface area contributed by atoms with Gasteiger partial charge in [-0.25, -0.2) is 14.6 Å². The molecule has 9 nitrogen and oxygen atoms in total. The normalized spacial score (nSPS) is 31.8. The van der Waals surface area contributed by atoms with E-state index < -0.39 is 28.7 Å². The van der Waals surface area contributed by atoms with E-state index in [0.29, 0.717) is 47.9 Å². The van der Waals surface area contributed by atoms with Gasteiger partial charge in [-0.2, -0.15) is 0 Å². The second-order valence-corrected chi connectivity index (χ2v) is 16.7. The molecule has 1 fully saturated rings. The molecular weight excluding hydrogens is 659 g/mol. The molecule has 0 bridgehead atoms. The van der Waals surface area contributed by atoms with Crippen molar-refractivity contribution in [2.24, 2.45) is 5.41 Å². The molecule has 6 atom stereocenters. The van der Waals surface area contributed by atoms with Crippen LogP contribution >= 0.6 is 21.6 Å². The van der Waals surface area contributed by atoms with E-state index in [0.717, 1.165) is 34.1 Å². The van der Waals surface area contributed by atoms with Crippen molar-refractivity contribution in [1.82, 2.24) is 9.88 Å². The molecule has 1 spiro atoms. The number of nitrogens with two attached hydrogens (primary N) is 1. The number of ether oxygens (including phenoxy) is 2. The zero-order valence-electron chi connectivity index (χ0n) is 28.0. The van der Waals surface area contributed by atoms with Gasteiger partial charge in [-0.05, 0) is 62.1 Å². The van der Waals surface area contributed by atoms with E-state index in [-0.39, 0.29) is 29.0 Å². The molecule has 254 valence electrons. The maximum atomic E-state index is 14.2. The summed E-state index contributed by atoms with van der Waals surface area (Å²) in [4.78, 5) is 46.4. The van der Waals surface area contributed by atoms with Gasteiger partial charge in [0.05, 0.1) is 23.6 Å². The number of rotatable bonds is 3. The minimum absolute atomic E-state index is 0.0276. The number of anilines is 1. The van der Waals surface area contributed by atoms with Crippen LogP contribution in [0.3, 0.4) is 0 Å². The number of benzene rings is 1. The Hall–Kier alpha value is -3.96. The van der Waals surface area contributed by atoms with Crippen LogP contribution in [0.15, 0.2) is 81.2 Å². The Kier molecular flexibility index (Phi) is 7.60. The van der Waals surface area contributed by atoms with Gasteiger partial charge in [-0.1, -0.05) is 58.4 Å². The number of carbonyl (C=O) groups is 2. The lowest BCUT2D eigenvalue weighted by Crippen LogP contribution is -2.66. The number of nitrogen functional groups attached to an aromatic ring is 1. The van der Waals surface area contributed by atoms with Crippen molar-refractivity contribution in [3.63, 3.8) is 0 Å². The third-order valence-corrected chi connectivity index (χ3v) is 14.2. The van der Waals surface area contributed by atoms with Crippen LogP contribution in [-0.4, -0.2) is 56.6 Å². The third kappa shape index (κ3) is 4.90. The Bertz CT molecular complexity index is 2070. The number of aromatic nitrogens is 1. The number of carbonyl (C=O) groups excluding carboxylic acids is 2. The molecule has 3 aromatic rings. The van der Waals surface area contributed by atoms with Gasteiger partial charge in [0.25, 0.3) is 0 Å². The molecule has 0 radical (unpaired) electrons. The smallest absolute Gasteiger partial charge is 0.336 e. The van der Waals surface area contributed by atoms with Gasteiger partial charge in [0, 0.05) is 59.8 Å². The second-order valence-electron chi connectivity index (χ2n) is 14.1. The quantitative estimate of drug-likeness (QED) is 0.110. The van der Waals surface area contributed by atoms with E-state index >= 15 is 0 Å². The summed E-state index contributed by atoms with van der Waals surface area (Å²) in [5.41, 5.74) is 8.31. The Morgan fingerprint density at radius 3 is 2.86 bits per heavy atom. The van der Waals surface area contributed by atoms with Crippen LogP contribution in [0.2, 0.25) is 0 Å². The van der Waals surface area contributed by atoms with E-state index in [1.807, 2.05) is 41.7 Å². The monoisotopic (exact) mass is 697 g/mol. The first-order chi connectivity index (χ1) is 23.5. The number of hydrogen-bond acceptors (Lipinski definition) is 10. The molecule has 11 heteroatoms. The Balaban J connectivity index is 1.31. The zero-order valence-corrected chi connectivity index (χ0v) is 29.6. The van der Waals surface area contributed by atoms with Gasteiger partial charge in [-0.15, -0.1) is 0 Å². The van der Waals surface area contributed by atoms with E-state index in [9.17, 15) is 14.4 Å². The van der Waals surface area contributed by atoms with Gasteiger partial charge in [-0.3, -0.25) is 4.79 Å². The van der Waals surface area contributed by atoms with Crippen molar-refractivity contribution in [1.29, 1.82) is 0 Å². The Morgan fingerprint density at radius 1 is 1.22 bits per heavy atom. The van der Waals surface area contributed by atoms with Crippen molar-refractivity contribution < 1.29 is 23.5 Å². The SMILES string of the molecule is CC=C(C)C(=O)OC1(C)CC=C2CSSC3C=CC4(CC)CN(C(=O)Cc5cnc(N)cc5C2C12Cc1cc5ccc(=O)oc5cc1O2)C34. The Labute approximate surface area is 292 Å². The van der Waals surface area contributed by atoms with E-state index in [4.69, 9.17) is 19.6 Å². The van der Waals surface area contributed by atoms with Crippen molar-refractivity contribution in [3.8, 4) is 5.75 Å². The topological polar surface area (TPSA) is 125 Å². The van der Waals surface area contributed by atoms with Gasteiger partial charge in [0.2, 0.25) is 5.91 Å². The van der Waals surface area contributed by atoms with E-state index in [2.05, 4.69) is 30.1 Å². The summed E-state index contributed by atoms with van der Waals surface area (Å²) in [5, 5.41) is 0.961. The number of pyridine rings is 1. The Morgan fingerprint density at radius 2 is 2.06 bits per heavy atom. The van der Waals surface area contributed by atoms with Gasteiger partial charge < -0.3 is 24.5 Å². The molecule has 1 aromatic carbocycles. The van der Waals surface area contributed by atoms with Crippen LogP contribution in [0, 0.1) is 5.41 Å². The number of fused-ring (bicyclic) bond motifs is 6. The number of nitrogens with zero attached hydrogens (tertiary/aromatic N) is 2. The lowest BCUT2D eigenvalue weighted by Gasteiger charge is -2.56. The fourth-order valence-corrected chi connectivity index (χ4v) is 11.5. The van der Waals surface area contributed by atoms with E-state index in [1.165, 1.54) is 6.07 Å². The standard InChI is InChI=1S/C38H39N3O6S2/c1-5-21(3)35(44)47-36(4)11-9-23-19-48-49-29-10-12-37(6-2)20-41(34(29)37)31(42)14-25-18-40-30(39)15-26(25)33(23)38(36)17-24-13-22-7-8-32(43)45-27(22)16-28(24)46-38/h5,7-10,12-13,15-16,18,29,33-34H,6,11,14,17,19-20H2,1-4H3,(H2,39,40). The highest BCUT2D eigenvalue weighted by molar-refractivity contribution is 8.77. The summed E-state index contributed by atoms with van der Waals surface area (Å²) in [6.07, 6.45) is 12.3. The van der Waals surface area contributed by atoms with Crippen molar-refractivity contribution in [2.75, 3.05) is 18.0 Å². The molecule has 2 N–H and O–H groups in total. The summed E-state index contributed by atoms with van der Waals surface area (Å²) >= 11 is 0. The molecule has 2 aliphatic carbocycles. The van der Waals surface area contributed by atoms with Gasteiger partial charge in [0.1, 0.15) is 17.2 Å². The highest BCUT2D eigenvalue weighted by Crippen LogP contribution is 2.59. The molecule has 8 rings (SSSR count). The molecule has 5 heterocycles. The van der Waals surface area contributed by atoms with Crippen LogP contribution in [0.1, 0.15) is 63.1 Å². The highest BCUT2D eigenvalue weighted by atomic mass is 33.1. The summed E-state index contributed by atoms with van der Waals surface area (Å²) in [6, 6.07) is 8.91. The first kappa shape index (κ1) is 32.3. The molecular formula is C38H39N3O6S2. The number of hydrogen-bond donors (Lipinski definition) is 1. The lowest BCUT2D eigenvalue weighted by molar-refractivity contribution is -0.183. The minimum atomic E-state index is -1.14. The van der Waals surface area contributed by atoms with Crippen molar-refractivity contribution >= 4 is 50.3 Å². The van der Waals surface area contributed by atoms with Gasteiger partial charge >= 0.3 is 11.6 Å². The maximum Gasteiger partial charge on any atom is 0.336 e. The number of allylic oxidation sites excluding steroid dienone is 1. The van der Waals surface area contributed by atoms with Crippen LogP contribution < -0.4 is 16.1 Å². The molecule has 5 aliphatic rings. The summed E-state index contributed by atoms with van der Waals surface area (Å²) < 4.78 is 19.2. The van der Waals surface area contributed by atoms with Crippen molar-refractivity contribution in [3.05, 3.63) is 99.1 Å².